The number of benzene rings is 2. The predicted molar refractivity (Wildman–Crippen MR) is 106 cm³/mol. The highest BCUT2D eigenvalue weighted by Gasteiger charge is 2.40. The summed E-state index contributed by atoms with van der Waals surface area (Å²) < 4.78 is 14.2. The van der Waals surface area contributed by atoms with E-state index in [9.17, 15) is 9.18 Å². The second kappa shape index (κ2) is 8.24. The van der Waals surface area contributed by atoms with Crippen molar-refractivity contribution in [1.82, 2.24) is 4.90 Å². The average Bonchev–Trinajstić information content (AvgIpc) is 2.70. The number of carbonyl (C=O) groups excluding carboxylic acids is 1. The van der Waals surface area contributed by atoms with Crippen molar-refractivity contribution in [3.05, 3.63) is 71.0 Å². The number of piperidine rings is 2. The van der Waals surface area contributed by atoms with Crippen LogP contribution in [0.3, 0.4) is 0 Å². The standard InChI is InChI=1S/C24H25FN2O/c25-23-15-19(10-9-18(23)11-12-26)24(28)20-13-21-7-4-8-22(14-20)27(21)16-17-5-2-1-3-6-17/h1-3,5-6,9-10,15,20-22H,4,7-8,11,13-14,16H2. The summed E-state index contributed by atoms with van der Waals surface area (Å²) in [6.07, 6.45) is 5.21. The molecule has 2 saturated heterocycles. The summed E-state index contributed by atoms with van der Waals surface area (Å²) in [7, 11) is 0. The van der Waals surface area contributed by atoms with Gasteiger partial charge in [0, 0.05) is 35.7 Å². The summed E-state index contributed by atoms with van der Waals surface area (Å²) in [5, 5.41) is 8.76. The normalized spacial score (nSPS) is 24.5. The van der Waals surface area contributed by atoms with Gasteiger partial charge < -0.3 is 0 Å². The first kappa shape index (κ1) is 18.8. The van der Waals surface area contributed by atoms with E-state index in [0.717, 1.165) is 32.2 Å². The molecule has 3 nitrogen and oxygen atoms in total. The molecule has 0 saturated carbocycles. The maximum atomic E-state index is 14.2. The predicted octanol–water partition coefficient (Wildman–Crippen LogP) is 4.91. The number of halogens is 1. The Hall–Kier alpha value is -2.51. The van der Waals surface area contributed by atoms with Crippen LogP contribution in [0, 0.1) is 23.1 Å². The van der Waals surface area contributed by atoms with Gasteiger partial charge in [-0.15, -0.1) is 0 Å². The summed E-state index contributed by atoms with van der Waals surface area (Å²) in [4.78, 5) is 15.6. The highest BCUT2D eigenvalue weighted by atomic mass is 19.1. The molecule has 0 aliphatic carbocycles. The molecule has 0 spiro atoms. The van der Waals surface area contributed by atoms with Gasteiger partial charge in [0.2, 0.25) is 0 Å². The van der Waals surface area contributed by atoms with Gasteiger partial charge in [0.25, 0.3) is 0 Å². The monoisotopic (exact) mass is 376 g/mol. The molecule has 0 aromatic heterocycles. The lowest BCUT2D eigenvalue weighted by Crippen LogP contribution is -2.52. The fraction of sp³-hybridized carbons (Fsp3) is 0.417. The Morgan fingerprint density at radius 2 is 1.82 bits per heavy atom. The molecular weight excluding hydrogens is 351 g/mol. The number of fused-ring (bicyclic) bond motifs is 2. The third-order valence-corrected chi connectivity index (χ3v) is 6.31. The van der Waals surface area contributed by atoms with Gasteiger partial charge in [0.1, 0.15) is 5.82 Å². The zero-order valence-electron chi connectivity index (χ0n) is 16.0. The summed E-state index contributed by atoms with van der Waals surface area (Å²) in [6.45, 7) is 0.939. The first-order valence-corrected chi connectivity index (χ1v) is 10.1. The van der Waals surface area contributed by atoms with E-state index in [1.807, 2.05) is 12.1 Å². The molecule has 4 rings (SSSR count). The van der Waals surface area contributed by atoms with E-state index in [1.165, 1.54) is 18.1 Å². The van der Waals surface area contributed by atoms with Crippen molar-refractivity contribution in [2.24, 2.45) is 5.92 Å². The topological polar surface area (TPSA) is 44.1 Å². The van der Waals surface area contributed by atoms with Crippen molar-refractivity contribution in [2.45, 2.75) is 57.2 Å². The Labute approximate surface area is 165 Å². The van der Waals surface area contributed by atoms with E-state index in [-0.39, 0.29) is 18.1 Å². The van der Waals surface area contributed by atoms with Crippen molar-refractivity contribution in [3.8, 4) is 6.07 Å². The minimum atomic E-state index is -0.450. The van der Waals surface area contributed by atoms with Crippen molar-refractivity contribution < 1.29 is 9.18 Å². The van der Waals surface area contributed by atoms with Crippen LogP contribution < -0.4 is 0 Å². The third-order valence-electron chi connectivity index (χ3n) is 6.31. The number of nitriles is 1. The van der Waals surface area contributed by atoms with E-state index >= 15 is 0 Å². The van der Waals surface area contributed by atoms with E-state index in [1.54, 1.807) is 12.1 Å². The molecule has 2 aliphatic heterocycles. The lowest BCUT2D eigenvalue weighted by Gasteiger charge is -2.48. The van der Waals surface area contributed by atoms with Crippen LogP contribution in [0.25, 0.3) is 0 Å². The fourth-order valence-electron chi connectivity index (χ4n) is 4.91. The quantitative estimate of drug-likeness (QED) is 0.697. The van der Waals surface area contributed by atoms with Gasteiger partial charge in [-0.25, -0.2) is 4.39 Å². The number of hydrogen-bond donors (Lipinski definition) is 0. The largest absolute Gasteiger partial charge is 0.294 e. The second-order valence-electron chi connectivity index (χ2n) is 8.07. The van der Waals surface area contributed by atoms with E-state index < -0.39 is 5.82 Å². The minimum Gasteiger partial charge on any atom is -0.294 e. The lowest BCUT2D eigenvalue weighted by molar-refractivity contribution is 0.00905. The molecule has 28 heavy (non-hydrogen) atoms. The fourth-order valence-corrected chi connectivity index (χ4v) is 4.91. The van der Waals surface area contributed by atoms with Crippen molar-refractivity contribution in [1.29, 1.82) is 5.26 Å². The molecule has 0 amide bonds. The van der Waals surface area contributed by atoms with Gasteiger partial charge in [0.05, 0.1) is 12.5 Å². The smallest absolute Gasteiger partial charge is 0.166 e. The number of ketones is 1. The SMILES string of the molecule is N#CCc1ccc(C(=O)C2CC3CCCC(C2)N3Cc2ccccc2)cc1F. The number of Topliss-reactive ketones (excluding diaryl/α,β-unsaturated/α-hetero) is 1. The molecule has 2 atom stereocenters. The van der Waals surface area contributed by atoms with Crippen LogP contribution in [0.4, 0.5) is 4.39 Å². The molecule has 2 aliphatic rings. The molecule has 2 aromatic rings. The molecular formula is C24H25FN2O. The summed E-state index contributed by atoms with van der Waals surface area (Å²) in [6, 6.07) is 17.9. The van der Waals surface area contributed by atoms with Crippen LogP contribution in [0.2, 0.25) is 0 Å². The minimum absolute atomic E-state index is 0.0301. The van der Waals surface area contributed by atoms with Gasteiger partial charge in [0.15, 0.2) is 5.78 Å². The maximum absolute atomic E-state index is 14.2. The first-order valence-electron chi connectivity index (χ1n) is 10.1. The van der Waals surface area contributed by atoms with Crippen LogP contribution in [-0.4, -0.2) is 22.8 Å². The second-order valence-corrected chi connectivity index (χ2v) is 8.07. The molecule has 144 valence electrons. The summed E-state index contributed by atoms with van der Waals surface area (Å²) in [5.41, 5.74) is 2.12. The van der Waals surface area contributed by atoms with Crippen LogP contribution in [-0.2, 0) is 13.0 Å². The van der Waals surface area contributed by atoms with Gasteiger partial charge in [-0.05, 0) is 37.3 Å². The molecule has 2 heterocycles. The average molecular weight is 376 g/mol. The van der Waals surface area contributed by atoms with E-state index in [0.29, 0.717) is 23.2 Å². The third kappa shape index (κ3) is 3.86. The number of rotatable bonds is 5. The summed E-state index contributed by atoms with van der Waals surface area (Å²) >= 11 is 0. The Morgan fingerprint density at radius 1 is 1.11 bits per heavy atom. The van der Waals surface area contributed by atoms with Gasteiger partial charge in [-0.1, -0.05) is 48.9 Å². The maximum Gasteiger partial charge on any atom is 0.166 e. The van der Waals surface area contributed by atoms with E-state index in [4.69, 9.17) is 5.26 Å². The van der Waals surface area contributed by atoms with Gasteiger partial charge in [-0.3, -0.25) is 9.69 Å². The lowest BCUT2D eigenvalue weighted by atomic mass is 9.75. The Kier molecular flexibility index (Phi) is 5.54. The molecule has 4 heteroatoms. The van der Waals surface area contributed by atoms with Crippen molar-refractivity contribution in [3.63, 3.8) is 0 Å². The molecule has 0 N–H and O–H groups in total. The van der Waals surface area contributed by atoms with Crippen LogP contribution >= 0.6 is 0 Å². The van der Waals surface area contributed by atoms with Crippen molar-refractivity contribution >= 4 is 5.78 Å². The molecule has 0 radical (unpaired) electrons. The molecule has 2 bridgehead atoms. The highest BCUT2D eigenvalue weighted by molar-refractivity contribution is 5.98. The van der Waals surface area contributed by atoms with Crippen LogP contribution in [0.15, 0.2) is 48.5 Å². The zero-order chi connectivity index (χ0) is 19.5. The number of nitrogens with zero attached hydrogens (tertiary/aromatic N) is 2. The molecule has 2 fully saturated rings. The van der Waals surface area contributed by atoms with Gasteiger partial charge in [-0.2, -0.15) is 5.26 Å². The molecule has 2 aromatic carbocycles. The van der Waals surface area contributed by atoms with E-state index in [2.05, 4.69) is 29.2 Å². The van der Waals surface area contributed by atoms with Crippen LogP contribution in [0.5, 0.6) is 0 Å². The van der Waals surface area contributed by atoms with Gasteiger partial charge >= 0.3 is 0 Å². The zero-order valence-corrected chi connectivity index (χ0v) is 16.0. The molecule has 2 unspecified atom stereocenters. The highest BCUT2D eigenvalue weighted by Crippen LogP contribution is 2.39. The summed E-state index contributed by atoms with van der Waals surface area (Å²) in [5.74, 6) is -0.434. The van der Waals surface area contributed by atoms with Crippen LogP contribution in [0.1, 0.15) is 53.6 Å². The Morgan fingerprint density at radius 3 is 2.46 bits per heavy atom. The number of carbonyl (C=O) groups is 1. The first-order chi connectivity index (χ1) is 13.7. The number of hydrogen-bond acceptors (Lipinski definition) is 3. The Balaban J connectivity index is 1.48. The van der Waals surface area contributed by atoms with Crippen molar-refractivity contribution in [2.75, 3.05) is 0 Å². The Bertz CT molecular complexity index is 875.